The molecule has 16 N–H and O–H groups in total. The zero-order chi connectivity index (χ0) is 45.2. The summed E-state index contributed by atoms with van der Waals surface area (Å²) in [6.07, 6.45) is -44.6. The van der Waals surface area contributed by atoms with Gasteiger partial charge in [0.2, 0.25) is 0 Å². The van der Waals surface area contributed by atoms with Crippen LogP contribution in [0.2, 0.25) is 0 Å². The molecule has 0 saturated carbocycles. The van der Waals surface area contributed by atoms with Gasteiger partial charge in [-0.05, 0) is 12.8 Å². The number of hydrogen-bond donors (Lipinski definition) is 16. The molecule has 6 aliphatic rings. The Morgan fingerprint density at radius 3 is 0.968 bits per heavy atom. The minimum absolute atomic E-state index is 0.0874. The van der Waals surface area contributed by atoms with Crippen LogP contribution < -0.4 is 0 Å². The maximum absolute atomic E-state index is 11.5. The van der Waals surface area contributed by atoms with Crippen LogP contribution >= 0.6 is 0 Å². The Labute approximate surface area is 352 Å². The van der Waals surface area contributed by atoms with Crippen molar-refractivity contribution in [3.05, 3.63) is 0 Å². The summed E-state index contributed by atoms with van der Waals surface area (Å²) < 4.78 is 61.1. The molecular formula is C35H60O27. The maximum Gasteiger partial charge on any atom is 0.187 e. The predicted octanol–water partition coefficient (Wildman–Crippen LogP) is -10.7. The van der Waals surface area contributed by atoms with E-state index in [1.165, 1.54) is 0 Å². The second-order valence-electron chi connectivity index (χ2n) is 15.9. The molecule has 27 nitrogen and oxygen atoms in total. The molecule has 0 aromatic heterocycles. The van der Waals surface area contributed by atoms with Crippen molar-refractivity contribution in [2.45, 2.75) is 172 Å². The van der Waals surface area contributed by atoms with E-state index in [-0.39, 0.29) is 12.7 Å². The van der Waals surface area contributed by atoms with Crippen molar-refractivity contribution in [2.24, 2.45) is 0 Å². The van der Waals surface area contributed by atoms with Crippen molar-refractivity contribution < 1.29 is 134 Å². The highest BCUT2D eigenvalue weighted by Gasteiger charge is 2.57. The van der Waals surface area contributed by atoms with E-state index in [2.05, 4.69) is 0 Å². The Balaban J connectivity index is 1.16. The van der Waals surface area contributed by atoms with Crippen LogP contribution in [0.15, 0.2) is 0 Å². The van der Waals surface area contributed by atoms with E-state index in [0.717, 1.165) is 0 Å². The van der Waals surface area contributed by atoms with E-state index in [1.807, 2.05) is 0 Å². The van der Waals surface area contributed by atoms with Crippen molar-refractivity contribution in [3.8, 4) is 0 Å². The van der Waals surface area contributed by atoms with E-state index < -0.39 is 187 Å². The number of aliphatic hydroxyl groups is 16. The summed E-state index contributed by atoms with van der Waals surface area (Å²) in [5.41, 5.74) is 0. The van der Waals surface area contributed by atoms with Gasteiger partial charge in [-0.3, -0.25) is 0 Å². The highest BCUT2D eigenvalue weighted by atomic mass is 16.8. The average Bonchev–Trinajstić information content (AvgIpc) is 4.10. The van der Waals surface area contributed by atoms with Crippen molar-refractivity contribution >= 4 is 0 Å². The van der Waals surface area contributed by atoms with Gasteiger partial charge in [-0.1, -0.05) is 0 Å². The lowest BCUT2D eigenvalue weighted by atomic mass is 9.95. The molecule has 6 rings (SSSR count). The first kappa shape index (κ1) is 50.3. The molecule has 0 aliphatic carbocycles. The quantitative estimate of drug-likeness (QED) is 0.0448. The molecule has 1 unspecified atom stereocenters. The predicted molar refractivity (Wildman–Crippen MR) is 189 cm³/mol. The lowest BCUT2D eigenvalue weighted by molar-refractivity contribution is -0.395. The molecule has 0 spiro atoms. The van der Waals surface area contributed by atoms with Gasteiger partial charge >= 0.3 is 0 Å². The first-order valence-electron chi connectivity index (χ1n) is 20.2. The van der Waals surface area contributed by atoms with Crippen molar-refractivity contribution in [1.29, 1.82) is 0 Å². The van der Waals surface area contributed by atoms with E-state index >= 15 is 0 Å². The van der Waals surface area contributed by atoms with Gasteiger partial charge in [-0.15, -0.1) is 0 Å². The molecule has 6 saturated heterocycles. The number of ether oxygens (including phenoxy) is 11. The molecular weight excluding hydrogens is 852 g/mol. The van der Waals surface area contributed by atoms with Crippen LogP contribution in [-0.4, -0.2) is 288 Å². The van der Waals surface area contributed by atoms with Crippen LogP contribution in [0, 0.1) is 0 Å². The molecule has 362 valence electrons. The average molecular weight is 913 g/mol. The van der Waals surface area contributed by atoms with Crippen LogP contribution in [0.3, 0.4) is 0 Å². The summed E-state index contributed by atoms with van der Waals surface area (Å²) in [5, 5.41) is 170. The van der Waals surface area contributed by atoms with Crippen molar-refractivity contribution in [3.63, 3.8) is 0 Å². The van der Waals surface area contributed by atoms with Crippen LogP contribution in [0.5, 0.6) is 0 Å². The molecule has 0 amide bonds. The molecule has 6 aliphatic heterocycles. The van der Waals surface area contributed by atoms with Crippen molar-refractivity contribution in [1.82, 2.24) is 0 Å². The lowest BCUT2D eigenvalue weighted by Crippen LogP contribution is -2.68. The fraction of sp³-hybridized carbons (Fsp3) is 1.00. The zero-order valence-corrected chi connectivity index (χ0v) is 33.0. The highest BCUT2D eigenvalue weighted by molar-refractivity contribution is 4.99. The molecule has 27 heteroatoms. The summed E-state index contributed by atoms with van der Waals surface area (Å²) >= 11 is 0. The Hall–Kier alpha value is -1.08. The first-order chi connectivity index (χ1) is 29.6. The van der Waals surface area contributed by atoms with E-state index in [0.29, 0.717) is 19.4 Å². The number of hydrogen-bond acceptors (Lipinski definition) is 27. The maximum atomic E-state index is 11.5. The van der Waals surface area contributed by atoms with Gasteiger partial charge in [0, 0.05) is 6.61 Å². The monoisotopic (exact) mass is 912 g/mol. The van der Waals surface area contributed by atoms with Gasteiger partial charge < -0.3 is 134 Å². The lowest BCUT2D eigenvalue weighted by Gasteiger charge is -2.49. The zero-order valence-electron chi connectivity index (χ0n) is 33.0. The Kier molecular flexibility index (Phi) is 18.0. The fourth-order valence-corrected chi connectivity index (χ4v) is 7.88. The van der Waals surface area contributed by atoms with Gasteiger partial charge in [0.05, 0.1) is 45.7 Å². The van der Waals surface area contributed by atoms with Crippen LogP contribution in [-0.2, 0) is 52.1 Å². The van der Waals surface area contributed by atoms with E-state index in [1.54, 1.807) is 0 Å². The van der Waals surface area contributed by atoms with Gasteiger partial charge in [-0.2, -0.15) is 0 Å². The van der Waals surface area contributed by atoms with Gasteiger partial charge in [0.15, 0.2) is 31.5 Å². The molecule has 0 aromatic rings. The molecule has 62 heavy (non-hydrogen) atoms. The highest BCUT2D eigenvalue weighted by Crippen LogP contribution is 2.36. The second-order valence-corrected chi connectivity index (χ2v) is 15.9. The molecule has 0 bridgehead atoms. The minimum atomic E-state index is -2.17. The number of rotatable bonds is 18. The summed E-state index contributed by atoms with van der Waals surface area (Å²) in [5.74, 6) is 0. The Bertz CT molecular complexity index is 1350. The number of aliphatic hydroxyl groups excluding tert-OH is 16. The van der Waals surface area contributed by atoms with E-state index in [4.69, 9.17) is 52.1 Å². The van der Waals surface area contributed by atoms with Crippen LogP contribution in [0.25, 0.3) is 0 Å². The van der Waals surface area contributed by atoms with Gasteiger partial charge in [0.25, 0.3) is 0 Å². The smallest absolute Gasteiger partial charge is 0.187 e. The van der Waals surface area contributed by atoms with Crippen LogP contribution in [0.4, 0.5) is 0 Å². The van der Waals surface area contributed by atoms with Gasteiger partial charge in [0.1, 0.15) is 122 Å². The summed E-state index contributed by atoms with van der Waals surface area (Å²) in [6.45, 7) is -3.75. The summed E-state index contributed by atoms with van der Waals surface area (Å²) in [7, 11) is 0. The third-order valence-corrected chi connectivity index (χ3v) is 11.7. The third-order valence-electron chi connectivity index (χ3n) is 11.7. The van der Waals surface area contributed by atoms with Crippen LogP contribution in [0.1, 0.15) is 12.8 Å². The molecule has 6 heterocycles. The topological polar surface area (TPSA) is 429 Å². The number of epoxide rings is 1. The molecule has 6 fully saturated rings. The van der Waals surface area contributed by atoms with E-state index in [9.17, 15) is 81.7 Å². The minimum Gasteiger partial charge on any atom is -0.394 e. The summed E-state index contributed by atoms with van der Waals surface area (Å²) in [4.78, 5) is 0. The van der Waals surface area contributed by atoms with Crippen molar-refractivity contribution in [2.75, 3.05) is 46.2 Å². The fourth-order valence-electron chi connectivity index (χ4n) is 7.88. The third kappa shape index (κ3) is 10.9. The van der Waals surface area contributed by atoms with Gasteiger partial charge in [-0.25, -0.2) is 0 Å². The Morgan fingerprint density at radius 1 is 0.355 bits per heavy atom. The molecule has 0 radical (unpaired) electrons. The first-order valence-corrected chi connectivity index (χ1v) is 20.2. The molecule has 26 atom stereocenters. The molecule has 0 aromatic carbocycles. The SMILES string of the molecule is OC[C@H]1O[C@@H](O[C@@H]2[C@@H](O)[C@H](O[C@@H]3[C@@H](O)[C@H](O[C@@H]4[C@@H](O)[C@H](O[C@@H]5[C@@H](O)[C@H](OCCCC6CO6)O[C@H](CO)[C@H]5O)O[C@H](CO)[C@H]4O)O[C@H](CO)[C@H]3O)O[C@H](CO)[C@H]2O)[C@H](O)[C@@H](O)[C@@H]1O. The Morgan fingerprint density at radius 2 is 0.645 bits per heavy atom. The second kappa shape index (κ2) is 22.1. The largest absolute Gasteiger partial charge is 0.394 e. The standard InChI is InChI=1S/C35H60O27/c36-4-11-16(41)21(46)22(47)32(55-11)59-28-18(43)13(6-38)57-34(24(28)49)61-30-20(45)15(8-40)58-35(26(30)51)62-29-19(44)14(7-39)56-33(25(29)50)60-27-17(42)12(5-37)54-31(23(27)48)52-3-1-2-10-9-53-10/h10-51H,1-9H2/t10?,11-,12-,13-,14-,15-,16-,17-,18-,19-,20-,21+,22-,23-,24-,25-,26-,27+,28+,29+,30+,31-,32+,33+,34+,35+/m1/s1. The normalized spacial score (nSPS) is 51.3. The summed E-state index contributed by atoms with van der Waals surface area (Å²) in [6, 6.07) is 0.